The first-order valence-corrected chi connectivity index (χ1v) is 7.84. The summed E-state index contributed by atoms with van der Waals surface area (Å²) in [6.07, 6.45) is 0. The molecule has 0 aliphatic carbocycles. The molecule has 0 saturated carbocycles. The molecule has 2 aliphatic heterocycles. The van der Waals surface area contributed by atoms with Gasteiger partial charge in [0.05, 0.1) is 27.9 Å². The molecule has 0 aromatic heterocycles. The Kier molecular flexibility index (Phi) is 2.72. The van der Waals surface area contributed by atoms with Gasteiger partial charge >= 0.3 is 0 Å². The van der Waals surface area contributed by atoms with Gasteiger partial charge in [0.2, 0.25) is 5.91 Å². The first-order chi connectivity index (χ1) is 8.87. The molecule has 8 heteroatoms. The van der Waals surface area contributed by atoms with E-state index in [9.17, 15) is 17.6 Å². The van der Waals surface area contributed by atoms with Gasteiger partial charge in [-0.2, -0.15) is 0 Å². The summed E-state index contributed by atoms with van der Waals surface area (Å²) in [4.78, 5) is 13.5. The molecule has 2 heterocycles. The van der Waals surface area contributed by atoms with Gasteiger partial charge < -0.3 is 10.2 Å². The average molecular weight is 305 g/mol. The molecule has 0 radical (unpaired) electrons. The fraction of sp³-hybridized carbons (Fsp3) is 0.364. The molecule has 1 aromatic carbocycles. The number of fused-ring (bicyclic) bond motifs is 3. The number of sulfone groups is 1. The van der Waals surface area contributed by atoms with E-state index in [1.165, 1.54) is 12.1 Å². The number of amides is 1. The van der Waals surface area contributed by atoms with Gasteiger partial charge in [0.15, 0.2) is 9.84 Å². The minimum atomic E-state index is -3.23. The molecule has 5 nitrogen and oxygen atoms in total. The highest BCUT2D eigenvalue weighted by atomic mass is 35.5. The summed E-state index contributed by atoms with van der Waals surface area (Å²) in [5.74, 6) is -1.29. The molecule has 2 aliphatic rings. The van der Waals surface area contributed by atoms with E-state index in [0.29, 0.717) is 11.4 Å². The lowest BCUT2D eigenvalue weighted by Gasteiger charge is -2.40. The predicted octanol–water partition coefficient (Wildman–Crippen LogP) is 1.03. The Balaban J connectivity index is 2.09. The first-order valence-electron chi connectivity index (χ1n) is 5.64. The number of benzene rings is 1. The summed E-state index contributed by atoms with van der Waals surface area (Å²) in [5.41, 5.74) is 0.883. The van der Waals surface area contributed by atoms with Crippen LogP contribution in [-0.4, -0.2) is 38.4 Å². The van der Waals surface area contributed by atoms with Gasteiger partial charge in [0.1, 0.15) is 11.9 Å². The van der Waals surface area contributed by atoms with Crippen molar-refractivity contribution >= 4 is 38.7 Å². The number of hydrogen-bond donors (Lipinski definition) is 1. The van der Waals surface area contributed by atoms with Crippen molar-refractivity contribution in [3.63, 3.8) is 0 Å². The van der Waals surface area contributed by atoms with Gasteiger partial charge in [0.25, 0.3) is 0 Å². The first kappa shape index (κ1) is 12.7. The Hall–Kier alpha value is -1.34. The smallest absolute Gasteiger partial charge is 0.248 e. The van der Waals surface area contributed by atoms with E-state index in [1.54, 1.807) is 4.90 Å². The SMILES string of the molecule is O=C1Nc2cc(Cl)c(F)cc2N2CCS(=O)(=O)CC12. The molecule has 1 N–H and O–H groups in total. The van der Waals surface area contributed by atoms with Crippen molar-refractivity contribution in [2.24, 2.45) is 0 Å². The number of carbonyl (C=O) groups is 1. The van der Waals surface area contributed by atoms with E-state index >= 15 is 0 Å². The largest absolute Gasteiger partial charge is 0.356 e. The number of hydrogen-bond acceptors (Lipinski definition) is 4. The highest BCUT2D eigenvalue weighted by molar-refractivity contribution is 7.91. The van der Waals surface area contributed by atoms with Crippen molar-refractivity contribution in [1.82, 2.24) is 0 Å². The lowest BCUT2D eigenvalue weighted by molar-refractivity contribution is -0.117. The molecule has 3 rings (SSSR count). The molecular formula is C11H10ClFN2O3S. The van der Waals surface area contributed by atoms with Crippen LogP contribution in [0.25, 0.3) is 0 Å². The number of anilines is 2. The summed E-state index contributed by atoms with van der Waals surface area (Å²) in [7, 11) is -3.23. The second kappa shape index (κ2) is 4.08. The van der Waals surface area contributed by atoms with Crippen molar-refractivity contribution < 1.29 is 17.6 Å². The fourth-order valence-corrected chi connectivity index (χ4v) is 4.02. The summed E-state index contributed by atoms with van der Waals surface area (Å²) < 4.78 is 36.7. The van der Waals surface area contributed by atoms with Crippen LogP contribution in [0.15, 0.2) is 12.1 Å². The van der Waals surface area contributed by atoms with Crippen LogP contribution in [0.2, 0.25) is 5.02 Å². The fourth-order valence-electron chi connectivity index (χ4n) is 2.40. The van der Waals surface area contributed by atoms with Crippen molar-refractivity contribution in [2.75, 3.05) is 28.3 Å². The Morgan fingerprint density at radius 3 is 2.89 bits per heavy atom. The van der Waals surface area contributed by atoms with Gasteiger partial charge in [0, 0.05) is 12.6 Å². The second-order valence-corrected chi connectivity index (χ2v) is 7.23. The lowest BCUT2D eigenvalue weighted by atomic mass is 10.1. The monoisotopic (exact) mass is 304 g/mol. The maximum atomic E-state index is 13.5. The van der Waals surface area contributed by atoms with E-state index in [1.807, 2.05) is 0 Å². The Morgan fingerprint density at radius 1 is 1.42 bits per heavy atom. The quantitative estimate of drug-likeness (QED) is 0.777. The zero-order valence-electron chi connectivity index (χ0n) is 9.69. The van der Waals surface area contributed by atoms with Crippen molar-refractivity contribution in [1.29, 1.82) is 0 Å². The predicted molar refractivity (Wildman–Crippen MR) is 69.8 cm³/mol. The van der Waals surface area contributed by atoms with E-state index in [2.05, 4.69) is 5.32 Å². The zero-order valence-corrected chi connectivity index (χ0v) is 11.3. The van der Waals surface area contributed by atoms with Crippen LogP contribution in [0.5, 0.6) is 0 Å². The Morgan fingerprint density at radius 2 is 2.16 bits per heavy atom. The van der Waals surface area contributed by atoms with Crippen molar-refractivity contribution in [3.8, 4) is 0 Å². The number of halogens is 2. The second-order valence-electron chi connectivity index (χ2n) is 4.60. The Labute approximate surface area is 114 Å². The number of rotatable bonds is 0. The molecule has 102 valence electrons. The normalized spacial score (nSPS) is 24.4. The standard InChI is InChI=1S/C11H10ClFN2O3S/c12-6-3-8-9(4-7(6)13)15-1-2-19(17,18)5-10(15)11(16)14-8/h3-4,10H,1-2,5H2,(H,14,16). The third-order valence-corrected chi connectivity index (χ3v) is 5.26. The summed E-state index contributed by atoms with van der Waals surface area (Å²) in [6, 6.07) is 1.76. The zero-order chi connectivity index (χ0) is 13.8. The summed E-state index contributed by atoms with van der Waals surface area (Å²) in [5, 5.41) is 2.49. The van der Waals surface area contributed by atoms with Crippen molar-refractivity contribution in [2.45, 2.75) is 6.04 Å². The number of nitrogens with one attached hydrogen (secondary N) is 1. The highest BCUT2D eigenvalue weighted by Gasteiger charge is 2.40. The van der Waals surface area contributed by atoms with Crippen LogP contribution in [0.3, 0.4) is 0 Å². The average Bonchev–Trinajstić information content (AvgIpc) is 2.32. The molecule has 0 bridgehead atoms. The van der Waals surface area contributed by atoms with Gasteiger partial charge in [-0.25, -0.2) is 12.8 Å². The molecule has 0 spiro atoms. The van der Waals surface area contributed by atoms with Gasteiger partial charge in [-0.1, -0.05) is 11.6 Å². The molecule has 1 amide bonds. The Bertz CT molecular complexity index is 677. The van der Waals surface area contributed by atoms with Crippen LogP contribution in [0, 0.1) is 5.82 Å². The number of nitrogens with zero attached hydrogens (tertiary/aromatic N) is 1. The van der Waals surface area contributed by atoms with Gasteiger partial charge in [-0.15, -0.1) is 0 Å². The van der Waals surface area contributed by atoms with Gasteiger partial charge in [-0.05, 0) is 6.07 Å². The topological polar surface area (TPSA) is 66.5 Å². The van der Waals surface area contributed by atoms with Crippen LogP contribution >= 0.6 is 11.6 Å². The third-order valence-electron chi connectivity index (χ3n) is 3.34. The molecule has 1 saturated heterocycles. The minimum absolute atomic E-state index is 0.0412. The van der Waals surface area contributed by atoms with E-state index in [-0.39, 0.29) is 23.1 Å². The molecule has 1 unspecified atom stereocenters. The van der Waals surface area contributed by atoms with Crippen LogP contribution < -0.4 is 10.2 Å². The van der Waals surface area contributed by atoms with Gasteiger partial charge in [-0.3, -0.25) is 4.79 Å². The molecule has 1 atom stereocenters. The van der Waals surface area contributed by atoms with E-state index < -0.39 is 27.6 Å². The minimum Gasteiger partial charge on any atom is -0.356 e. The maximum Gasteiger partial charge on any atom is 0.248 e. The molecule has 19 heavy (non-hydrogen) atoms. The number of carbonyl (C=O) groups excluding carboxylic acids is 1. The van der Waals surface area contributed by atoms with Crippen molar-refractivity contribution in [3.05, 3.63) is 23.0 Å². The highest BCUT2D eigenvalue weighted by Crippen LogP contribution is 2.37. The lowest BCUT2D eigenvalue weighted by Crippen LogP contribution is -2.56. The van der Waals surface area contributed by atoms with E-state index in [0.717, 1.165) is 0 Å². The van der Waals surface area contributed by atoms with Crippen LogP contribution in [0.4, 0.5) is 15.8 Å². The summed E-state index contributed by atoms with van der Waals surface area (Å²) >= 11 is 5.67. The van der Waals surface area contributed by atoms with Crippen LogP contribution in [0.1, 0.15) is 0 Å². The molecule has 1 fully saturated rings. The van der Waals surface area contributed by atoms with E-state index in [4.69, 9.17) is 11.6 Å². The maximum absolute atomic E-state index is 13.5. The molecular weight excluding hydrogens is 295 g/mol. The van der Waals surface area contributed by atoms with Crippen LogP contribution in [-0.2, 0) is 14.6 Å². The molecule has 1 aromatic rings. The summed E-state index contributed by atoms with van der Waals surface area (Å²) in [6.45, 7) is 0.175. The third kappa shape index (κ3) is 2.06.